The van der Waals surface area contributed by atoms with E-state index in [1.165, 1.54) is 17.5 Å². The average molecular weight is 330 g/mol. The fourth-order valence-corrected chi connectivity index (χ4v) is 3.64. The van der Waals surface area contributed by atoms with E-state index >= 15 is 0 Å². The van der Waals surface area contributed by atoms with Crippen molar-refractivity contribution >= 4 is 0 Å². The lowest BCUT2D eigenvalue weighted by molar-refractivity contribution is 0.244. The first-order valence-corrected chi connectivity index (χ1v) is 8.57. The van der Waals surface area contributed by atoms with Crippen molar-refractivity contribution < 1.29 is 14.0 Å². The Morgan fingerprint density at radius 3 is 2.54 bits per heavy atom. The number of methoxy groups -OCH3 is 2. The third-order valence-corrected chi connectivity index (χ3v) is 4.80. The van der Waals surface area contributed by atoms with Crippen molar-refractivity contribution in [1.29, 1.82) is 0 Å². The Bertz CT molecular complexity index is 674. The SMILES string of the molecule is CCc1onc(C)c1[C@H]1CCCN1Cc1cc(OC)cc(OC)c1. The minimum atomic E-state index is 0.378. The van der Waals surface area contributed by atoms with Gasteiger partial charge in [0.25, 0.3) is 0 Å². The zero-order valence-electron chi connectivity index (χ0n) is 15.0. The largest absolute Gasteiger partial charge is 0.497 e. The molecule has 5 heteroatoms. The quantitative estimate of drug-likeness (QED) is 0.804. The van der Waals surface area contributed by atoms with Crippen LogP contribution in [0.2, 0.25) is 0 Å². The van der Waals surface area contributed by atoms with E-state index in [-0.39, 0.29) is 0 Å². The molecule has 1 aromatic heterocycles. The Hall–Kier alpha value is -2.01. The van der Waals surface area contributed by atoms with Crippen LogP contribution in [0.3, 0.4) is 0 Å². The molecule has 1 aromatic carbocycles. The molecule has 2 aromatic rings. The van der Waals surface area contributed by atoms with E-state index in [0.29, 0.717) is 6.04 Å². The lowest BCUT2D eigenvalue weighted by Crippen LogP contribution is -2.23. The number of likely N-dealkylation sites (tertiary alicyclic amines) is 1. The summed E-state index contributed by atoms with van der Waals surface area (Å²) in [5, 5.41) is 4.19. The maximum absolute atomic E-state index is 5.51. The average Bonchev–Trinajstić information content (AvgIpc) is 3.19. The summed E-state index contributed by atoms with van der Waals surface area (Å²) in [6, 6.07) is 6.45. The Morgan fingerprint density at radius 2 is 1.92 bits per heavy atom. The second kappa shape index (κ2) is 7.26. The maximum atomic E-state index is 5.51. The molecule has 0 aliphatic carbocycles. The van der Waals surface area contributed by atoms with Gasteiger partial charge in [0.05, 0.1) is 19.9 Å². The number of benzene rings is 1. The van der Waals surface area contributed by atoms with Crippen LogP contribution in [0.15, 0.2) is 22.7 Å². The molecule has 0 N–H and O–H groups in total. The number of hydrogen-bond donors (Lipinski definition) is 0. The zero-order valence-corrected chi connectivity index (χ0v) is 15.0. The smallest absolute Gasteiger partial charge is 0.141 e. The molecule has 0 spiro atoms. The van der Waals surface area contributed by atoms with Crippen LogP contribution in [0.25, 0.3) is 0 Å². The third kappa shape index (κ3) is 3.26. The summed E-state index contributed by atoms with van der Waals surface area (Å²) < 4.78 is 16.3. The van der Waals surface area contributed by atoms with Gasteiger partial charge in [-0.15, -0.1) is 0 Å². The number of ether oxygens (including phenoxy) is 2. The van der Waals surface area contributed by atoms with Gasteiger partial charge in [-0.25, -0.2) is 0 Å². The van der Waals surface area contributed by atoms with Gasteiger partial charge in [-0.2, -0.15) is 0 Å². The van der Waals surface area contributed by atoms with Crippen molar-refractivity contribution in [3.63, 3.8) is 0 Å². The molecule has 0 unspecified atom stereocenters. The fourth-order valence-electron chi connectivity index (χ4n) is 3.64. The normalized spacial score (nSPS) is 18.1. The van der Waals surface area contributed by atoms with Gasteiger partial charge in [0.2, 0.25) is 0 Å². The third-order valence-electron chi connectivity index (χ3n) is 4.80. The van der Waals surface area contributed by atoms with Gasteiger partial charge >= 0.3 is 0 Å². The van der Waals surface area contributed by atoms with Gasteiger partial charge in [0.15, 0.2) is 0 Å². The maximum Gasteiger partial charge on any atom is 0.141 e. The van der Waals surface area contributed by atoms with Crippen LogP contribution in [0.1, 0.15) is 48.4 Å². The van der Waals surface area contributed by atoms with Crippen LogP contribution in [0.5, 0.6) is 11.5 Å². The molecule has 2 heterocycles. The second-order valence-corrected chi connectivity index (χ2v) is 6.31. The predicted octanol–water partition coefficient (Wildman–Crippen LogP) is 3.90. The molecule has 1 aliphatic heterocycles. The fraction of sp³-hybridized carbons (Fsp3) is 0.526. The number of aryl methyl sites for hydroxylation is 2. The summed E-state index contributed by atoms with van der Waals surface area (Å²) in [5.41, 5.74) is 3.50. The molecule has 0 radical (unpaired) electrons. The Morgan fingerprint density at radius 1 is 1.21 bits per heavy atom. The molecule has 130 valence electrons. The van der Waals surface area contributed by atoms with Crippen molar-refractivity contribution in [1.82, 2.24) is 10.1 Å². The van der Waals surface area contributed by atoms with Crippen LogP contribution >= 0.6 is 0 Å². The second-order valence-electron chi connectivity index (χ2n) is 6.31. The van der Waals surface area contributed by atoms with Gasteiger partial charge in [0, 0.05) is 30.6 Å². The summed E-state index contributed by atoms with van der Waals surface area (Å²) >= 11 is 0. The summed E-state index contributed by atoms with van der Waals surface area (Å²) in [5.74, 6) is 2.68. The van der Waals surface area contributed by atoms with Gasteiger partial charge in [-0.05, 0) is 44.0 Å². The van der Waals surface area contributed by atoms with Gasteiger partial charge in [0.1, 0.15) is 17.3 Å². The van der Waals surface area contributed by atoms with E-state index < -0.39 is 0 Å². The highest BCUT2D eigenvalue weighted by atomic mass is 16.5. The molecule has 0 saturated carbocycles. The predicted molar refractivity (Wildman–Crippen MR) is 92.5 cm³/mol. The zero-order chi connectivity index (χ0) is 17.1. The van der Waals surface area contributed by atoms with Crippen molar-refractivity contribution in [2.24, 2.45) is 0 Å². The van der Waals surface area contributed by atoms with Crippen molar-refractivity contribution in [2.75, 3.05) is 20.8 Å². The highest BCUT2D eigenvalue weighted by Crippen LogP contribution is 2.37. The first-order chi connectivity index (χ1) is 11.7. The van der Waals surface area contributed by atoms with Crippen molar-refractivity contribution in [3.05, 3.63) is 40.8 Å². The van der Waals surface area contributed by atoms with E-state index in [0.717, 1.165) is 48.9 Å². The van der Waals surface area contributed by atoms with Crippen molar-refractivity contribution in [2.45, 2.75) is 45.7 Å². The van der Waals surface area contributed by atoms with Crippen LogP contribution < -0.4 is 9.47 Å². The summed E-state index contributed by atoms with van der Waals surface area (Å²) in [4.78, 5) is 2.51. The van der Waals surface area contributed by atoms with E-state index in [9.17, 15) is 0 Å². The van der Waals surface area contributed by atoms with Crippen LogP contribution in [0, 0.1) is 6.92 Å². The minimum Gasteiger partial charge on any atom is -0.497 e. The first kappa shape index (κ1) is 16.8. The molecule has 24 heavy (non-hydrogen) atoms. The first-order valence-electron chi connectivity index (χ1n) is 8.57. The van der Waals surface area contributed by atoms with E-state index in [4.69, 9.17) is 14.0 Å². The van der Waals surface area contributed by atoms with E-state index in [1.54, 1.807) is 14.2 Å². The molecule has 1 saturated heterocycles. The molecule has 3 rings (SSSR count). The van der Waals surface area contributed by atoms with Gasteiger partial charge in [-0.1, -0.05) is 12.1 Å². The van der Waals surface area contributed by atoms with Crippen LogP contribution in [-0.2, 0) is 13.0 Å². The Kier molecular flexibility index (Phi) is 5.09. The van der Waals surface area contributed by atoms with Crippen LogP contribution in [-0.4, -0.2) is 30.8 Å². The Labute approximate surface area is 143 Å². The minimum absolute atomic E-state index is 0.378. The van der Waals surface area contributed by atoms with E-state index in [1.807, 2.05) is 13.0 Å². The summed E-state index contributed by atoms with van der Waals surface area (Å²) in [7, 11) is 3.37. The van der Waals surface area contributed by atoms with Gasteiger partial charge in [-0.3, -0.25) is 4.90 Å². The molecule has 5 nitrogen and oxygen atoms in total. The lowest BCUT2D eigenvalue weighted by Gasteiger charge is -2.25. The number of rotatable bonds is 6. The van der Waals surface area contributed by atoms with Gasteiger partial charge < -0.3 is 14.0 Å². The molecular formula is C19H26N2O3. The highest BCUT2D eigenvalue weighted by molar-refractivity contribution is 5.38. The van der Waals surface area contributed by atoms with E-state index in [2.05, 4.69) is 29.1 Å². The number of nitrogens with zero attached hydrogens (tertiary/aromatic N) is 2. The topological polar surface area (TPSA) is 47.7 Å². The molecule has 1 aliphatic rings. The number of hydrogen-bond acceptors (Lipinski definition) is 5. The van der Waals surface area contributed by atoms with Crippen LogP contribution in [0.4, 0.5) is 0 Å². The highest BCUT2D eigenvalue weighted by Gasteiger charge is 2.31. The molecular weight excluding hydrogens is 304 g/mol. The van der Waals surface area contributed by atoms with Crippen molar-refractivity contribution in [3.8, 4) is 11.5 Å². The molecule has 1 fully saturated rings. The lowest BCUT2D eigenvalue weighted by atomic mass is 10.0. The monoisotopic (exact) mass is 330 g/mol. The molecule has 0 bridgehead atoms. The summed E-state index contributed by atoms with van der Waals surface area (Å²) in [6.07, 6.45) is 3.23. The summed E-state index contributed by atoms with van der Waals surface area (Å²) in [6.45, 7) is 6.11. The molecule has 0 amide bonds. The standard InChI is InChI=1S/C19H26N2O3/c1-5-18-19(13(2)20-24-18)17-7-6-8-21(17)12-14-9-15(22-3)11-16(10-14)23-4/h9-11,17H,5-8,12H2,1-4H3/t17-/m1/s1. The number of aromatic nitrogens is 1. The Balaban J connectivity index is 1.85. The molecule has 1 atom stereocenters.